The number of anilines is 1. The fourth-order valence-corrected chi connectivity index (χ4v) is 4.15. The average Bonchev–Trinajstić information content (AvgIpc) is 3.17. The molecule has 7 nitrogen and oxygen atoms in total. The maximum absolute atomic E-state index is 12.6. The highest BCUT2D eigenvalue weighted by Gasteiger charge is 2.20. The number of hydrogen-bond donors (Lipinski definition) is 2. The summed E-state index contributed by atoms with van der Waals surface area (Å²) < 4.78 is 1.93. The molecular formula is C24H29N5O2S. The second-order valence-electron chi connectivity index (χ2n) is 7.80. The lowest BCUT2D eigenvalue weighted by Crippen LogP contribution is -2.28. The summed E-state index contributed by atoms with van der Waals surface area (Å²) in [6, 6.07) is 13.0. The molecule has 0 aliphatic rings. The van der Waals surface area contributed by atoms with Gasteiger partial charge in [0.1, 0.15) is 0 Å². The molecule has 0 aliphatic heterocycles. The molecule has 1 atom stereocenters. The molecule has 0 saturated carbocycles. The van der Waals surface area contributed by atoms with Gasteiger partial charge in [0.05, 0.1) is 11.8 Å². The van der Waals surface area contributed by atoms with Crippen LogP contribution in [0.1, 0.15) is 52.8 Å². The SMILES string of the molecule is CCn1c(SCC(=O)Nc2ccc(C)cc2C)nnc1C(C)NC(=O)c1ccc(C)cc1. The standard InChI is InChI=1S/C24H29N5O2S/c1-6-29-22(18(5)25-23(31)19-10-7-15(2)8-11-19)27-28-24(29)32-14-21(30)26-20-12-9-16(3)13-17(20)4/h7-13,18H,6,14H2,1-5H3,(H,25,31)(H,26,30). The predicted molar refractivity (Wildman–Crippen MR) is 128 cm³/mol. The van der Waals surface area contributed by atoms with Crippen LogP contribution in [0.2, 0.25) is 0 Å². The number of amides is 2. The Bertz CT molecular complexity index is 1110. The van der Waals surface area contributed by atoms with E-state index in [9.17, 15) is 9.59 Å². The number of carbonyl (C=O) groups is 2. The third kappa shape index (κ3) is 5.76. The van der Waals surface area contributed by atoms with Gasteiger partial charge in [0, 0.05) is 17.8 Å². The van der Waals surface area contributed by atoms with E-state index in [4.69, 9.17) is 0 Å². The van der Waals surface area contributed by atoms with Crippen LogP contribution < -0.4 is 10.6 Å². The van der Waals surface area contributed by atoms with E-state index in [2.05, 4.69) is 20.8 Å². The second-order valence-corrected chi connectivity index (χ2v) is 8.74. The molecule has 3 aromatic rings. The Morgan fingerprint density at radius 2 is 1.72 bits per heavy atom. The molecule has 1 heterocycles. The molecular weight excluding hydrogens is 422 g/mol. The molecule has 0 saturated heterocycles. The smallest absolute Gasteiger partial charge is 0.251 e. The van der Waals surface area contributed by atoms with Gasteiger partial charge in [-0.1, -0.05) is 47.2 Å². The van der Waals surface area contributed by atoms with E-state index in [1.807, 2.05) is 69.5 Å². The number of nitrogens with one attached hydrogen (secondary N) is 2. The molecule has 0 radical (unpaired) electrons. The van der Waals surface area contributed by atoms with Gasteiger partial charge in [-0.15, -0.1) is 10.2 Å². The van der Waals surface area contributed by atoms with Gasteiger partial charge in [-0.3, -0.25) is 9.59 Å². The van der Waals surface area contributed by atoms with Gasteiger partial charge >= 0.3 is 0 Å². The van der Waals surface area contributed by atoms with E-state index >= 15 is 0 Å². The van der Waals surface area contributed by atoms with Crippen molar-refractivity contribution < 1.29 is 9.59 Å². The molecule has 0 bridgehead atoms. The van der Waals surface area contributed by atoms with Crippen molar-refractivity contribution in [2.45, 2.75) is 52.4 Å². The highest BCUT2D eigenvalue weighted by molar-refractivity contribution is 7.99. The fraction of sp³-hybridized carbons (Fsp3) is 0.333. The third-order valence-corrected chi connectivity index (χ3v) is 6.07. The van der Waals surface area contributed by atoms with E-state index in [-0.39, 0.29) is 23.6 Å². The Labute approximate surface area is 193 Å². The molecule has 1 unspecified atom stereocenters. The summed E-state index contributed by atoms with van der Waals surface area (Å²) in [5, 5.41) is 15.1. The lowest BCUT2D eigenvalue weighted by atomic mass is 10.1. The molecule has 1 aromatic heterocycles. The van der Waals surface area contributed by atoms with Crippen molar-refractivity contribution in [3.05, 3.63) is 70.5 Å². The van der Waals surface area contributed by atoms with Gasteiger partial charge in [-0.25, -0.2) is 0 Å². The number of carbonyl (C=O) groups excluding carboxylic acids is 2. The largest absolute Gasteiger partial charge is 0.342 e. The Morgan fingerprint density at radius 1 is 1.03 bits per heavy atom. The van der Waals surface area contributed by atoms with Gasteiger partial charge in [0.15, 0.2) is 11.0 Å². The van der Waals surface area contributed by atoms with Crippen molar-refractivity contribution in [2.24, 2.45) is 0 Å². The molecule has 3 rings (SSSR count). The Kier molecular flexibility index (Phi) is 7.69. The maximum Gasteiger partial charge on any atom is 0.251 e. The molecule has 0 aliphatic carbocycles. The maximum atomic E-state index is 12.6. The van der Waals surface area contributed by atoms with Crippen molar-refractivity contribution in [3.8, 4) is 0 Å². The molecule has 0 fully saturated rings. The van der Waals surface area contributed by atoms with E-state index in [0.717, 1.165) is 22.4 Å². The average molecular weight is 452 g/mol. The molecule has 168 valence electrons. The van der Waals surface area contributed by atoms with Crippen LogP contribution >= 0.6 is 11.8 Å². The van der Waals surface area contributed by atoms with Crippen molar-refractivity contribution >= 4 is 29.3 Å². The first kappa shape index (κ1) is 23.5. The number of benzene rings is 2. The zero-order valence-corrected chi connectivity index (χ0v) is 19.9. The van der Waals surface area contributed by atoms with Gasteiger partial charge in [-0.2, -0.15) is 0 Å². The van der Waals surface area contributed by atoms with Gasteiger partial charge in [0.2, 0.25) is 5.91 Å². The van der Waals surface area contributed by atoms with Crippen molar-refractivity contribution in [2.75, 3.05) is 11.1 Å². The van der Waals surface area contributed by atoms with Gasteiger partial charge in [0.25, 0.3) is 5.91 Å². The predicted octanol–water partition coefficient (Wildman–Crippen LogP) is 4.45. The summed E-state index contributed by atoms with van der Waals surface area (Å²) in [5.74, 6) is 0.612. The first-order chi connectivity index (χ1) is 15.3. The molecule has 2 N–H and O–H groups in total. The van der Waals surface area contributed by atoms with Crippen LogP contribution in [0.3, 0.4) is 0 Å². The summed E-state index contributed by atoms with van der Waals surface area (Å²) in [5.41, 5.74) is 4.69. The van der Waals surface area contributed by atoms with Crippen molar-refractivity contribution in [3.63, 3.8) is 0 Å². The summed E-state index contributed by atoms with van der Waals surface area (Å²) in [6.07, 6.45) is 0. The molecule has 32 heavy (non-hydrogen) atoms. The zero-order chi connectivity index (χ0) is 23.3. The lowest BCUT2D eigenvalue weighted by molar-refractivity contribution is -0.113. The first-order valence-electron chi connectivity index (χ1n) is 10.6. The molecule has 2 aromatic carbocycles. The number of aromatic nitrogens is 3. The second kappa shape index (κ2) is 10.5. The van der Waals surface area contributed by atoms with E-state index < -0.39 is 0 Å². The lowest BCUT2D eigenvalue weighted by Gasteiger charge is -2.15. The van der Waals surface area contributed by atoms with Gasteiger partial charge < -0.3 is 15.2 Å². The number of rotatable bonds is 8. The highest BCUT2D eigenvalue weighted by atomic mass is 32.2. The van der Waals surface area contributed by atoms with E-state index in [1.54, 1.807) is 12.1 Å². The normalized spacial score (nSPS) is 11.8. The van der Waals surface area contributed by atoms with Crippen LogP contribution in [0.5, 0.6) is 0 Å². The Hall–Kier alpha value is -3.13. The minimum atomic E-state index is -0.324. The van der Waals surface area contributed by atoms with Gasteiger partial charge in [-0.05, 0) is 58.4 Å². The topological polar surface area (TPSA) is 88.9 Å². The summed E-state index contributed by atoms with van der Waals surface area (Å²) in [4.78, 5) is 25.0. The summed E-state index contributed by atoms with van der Waals surface area (Å²) in [7, 11) is 0. The van der Waals surface area contributed by atoms with E-state index in [0.29, 0.717) is 23.1 Å². The summed E-state index contributed by atoms with van der Waals surface area (Å²) in [6.45, 7) is 10.5. The van der Waals surface area contributed by atoms with Crippen LogP contribution in [0.4, 0.5) is 5.69 Å². The minimum absolute atomic E-state index is 0.102. The summed E-state index contributed by atoms with van der Waals surface area (Å²) >= 11 is 1.33. The number of thioether (sulfide) groups is 1. The van der Waals surface area contributed by atoms with Crippen LogP contribution in [0, 0.1) is 20.8 Å². The fourth-order valence-electron chi connectivity index (χ4n) is 3.34. The van der Waals surface area contributed by atoms with E-state index in [1.165, 1.54) is 11.8 Å². The third-order valence-electron chi connectivity index (χ3n) is 5.10. The first-order valence-corrected chi connectivity index (χ1v) is 11.6. The van der Waals surface area contributed by atoms with Crippen LogP contribution in [0.15, 0.2) is 47.6 Å². The van der Waals surface area contributed by atoms with Crippen LogP contribution in [-0.4, -0.2) is 32.3 Å². The highest BCUT2D eigenvalue weighted by Crippen LogP contribution is 2.22. The minimum Gasteiger partial charge on any atom is -0.342 e. The number of nitrogens with zero attached hydrogens (tertiary/aromatic N) is 3. The van der Waals surface area contributed by atoms with Crippen LogP contribution in [0.25, 0.3) is 0 Å². The number of hydrogen-bond acceptors (Lipinski definition) is 5. The van der Waals surface area contributed by atoms with Crippen molar-refractivity contribution in [1.29, 1.82) is 0 Å². The zero-order valence-electron chi connectivity index (χ0n) is 19.1. The number of aryl methyl sites for hydroxylation is 3. The quantitative estimate of drug-likeness (QED) is 0.494. The molecule has 2 amide bonds. The van der Waals surface area contributed by atoms with Crippen molar-refractivity contribution in [1.82, 2.24) is 20.1 Å². The Balaban J connectivity index is 1.62. The molecule has 8 heteroatoms. The molecule has 0 spiro atoms. The Morgan fingerprint density at radius 3 is 2.38 bits per heavy atom. The monoisotopic (exact) mass is 451 g/mol. The van der Waals surface area contributed by atoms with Crippen LogP contribution in [-0.2, 0) is 11.3 Å².